The number of hydrogen-bond acceptors (Lipinski definition) is 4. The lowest BCUT2D eigenvalue weighted by Crippen LogP contribution is -1.93. The number of hydrogen-bond donors (Lipinski definition) is 0. The zero-order valence-corrected chi connectivity index (χ0v) is 30.0. The molecular weight excluding hydrogens is 685 g/mol. The third-order valence-corrected chi connectivity index (χ3v) is 11.3. The van der Waals surface area contributed by atoms with E-state index >= 15 is 0 Å². The van der Waals surface area contributed by atoms with Gasteiger partial charge in [0.25, 0.3) is 0 Å². The summed E-state index contributed by atoms with van der Waals surface area (Å²) >= 11 is 0. The molecule has 0 unspecified atom stereocenters. The largest absolute Gasteiger partial charge is 0.456 e. The van der Waals surface area contributed by atoms with Gasteiger partial charge >= 0.3 is 0 Å². The fourth-order valence-electron chi connectivity index (χ4n) is 8.55. The van der Waals surface area contributed by atoms with Crippen LogP contribution in [0, 0.1) is 0 Å². The molecule has 260 valence electrons. The molecule has 0 aliphatic heterocycles. The molecule has 4 heteroatoms. The Morgan fingerprint density at radius 1 is 0.286 bits per heavy atom. The Hall–Kier alpha value is -7.56. The molecule has 0 radical (unpaired) electrons. The summed E-state index contributed by atoms with van der Waals surface area (Å²) in [5.41, 5.74) is 11.2. The average Bonchev–Trinajstić information content (AvgIpc) is 3.84. The van der Waals surface area contributed by atoms with Crippen LogP contribution in [0.1, 0.15) is 0 Å². The van der Waals surface area contributed by atoms with Crippen LogP contribution in [0.25, 0.3) is 121 Å². The summed E-state index contributed by atoms with van der Waals surface area (Å²) in [6.07, 6.45) is 0. The molecular formula is C52H30N2O2. The smallest absolute Gasteiger partial charge is 0.180 e. The summed E-state index contributed by atoms with van der Waals surface area (Å²) < 4.78 is 13.0. The second kappa shape index (κ2) is 12.0. The van der Waals surface area contributed by atoms with Gasteiger partial charge < -0.3 is 8.83 Å². The molecule has 0 N–H and O–H groups in total. The van der Waals surface area contributed by atoms with E-state index in [1.165, 1.54) is 37.9 Å². The van der Waals surface area contributed by atoms with E-state index in [4.69, 9.17) is 18.8 Å². The average molecular weight is 715 g/mol. The molecule has 0 fully saturated rings. The van der Waals surface area contributed by atoms with Crippen molar-refractivity contribution >= 4 is 76.3 Å². The Balaban J connectivity index is 0.984. The first-order valence-electron chi connectivity index (χ1n) is 18.9. The van der Waals surface area contributed by atoms with Crippen LogP contribution in [0.2, 0.25) is 0 Å². The van der Waals surface area contributed by atoms with Crippen molar-refractivity contribution in [3.05, 3.63) is 182 Å². The van der Waals surface area contributed by atoms with Gasteiger partial charge in [-0.3, -0.25) is 0 Å². The number of furan rings is 2. The molecule has 0 spiro atoms. The lowest BCUT2D eigenvalue weighted by Gasteiger charge is -2.12. The van der Waals surface area contributed by atoms with Crippen molar-refractivity contribution < 1.29 is 8.83 Å². The van der Waals surface area contributed by atoms with Crippen LogP contribution in [-0.4, -0.2) is 9.97 Å². The maximum absolute atomic E-state index is 6.64. The highest BCUT2D eigenvalue weighted by Crippen LogP contribution is 2.41. The van der Waals surface area contributed by atoms with Gasteiger partial charge in [0.2, 0.25) is 0 Å². The Kier molecular flexibility index (Phi) is 6.60. The quantitative estimate of drug-likeness (QED) is 0.170. The van der Waals surface area contributed by atoms with Gasteiger partial charge in [0, 0.05) is 27.3 Å². The minimum atomic E-state index is 0.672. The van der Waals surface area contributed by atoms with E-state index in [0.29, 0.717) is 11.4 Å². The standard InChI is InChI=1S/C52H30N2O2/c1-3-11-31(12-4-1)49-51-50(54-52(53-49)32-13-5-2-6-14-32)42-24-20-36(30-48(42)56-51)35-22-26-47-45(29-35)44-28-34(21-25-46(44)55-47)33-19-23-41-39-17-8-7-15-37(39)38-16-9-10-18-40(38)43(41)27-33/h1-30H. The maximum Gasteiger partial charge on any atom is 0.180 e. The topological polar surface area (TPSA) is 52.1 Å². The molecule has 12 rings (SSSR count). The van der Waals surface area contributed by atoms with Crippen molar-refractivity contribution in [1.82, 2.24) is 9.97 Å². The monoisotopic (exact) mass is 714 g/mol. The Labute approximate surface area is 320 Å². The highest BCUT2D eigenvalue weighted by Gasteiger charge is 2.19. The Morgan fingerprint density at radius 3 is 1.36 bits per heavy atom. The summed E-state index contributed by atoms with van der Waals surface area (Å²) in [4.78, 5) is 10.1. The van der Waals surface area contributed by atoms with Crippen molar-refractivity contribution in [2.24, 2.45) is 0 Å². The number of aromatic nitrogens is 2. The van der Waals surface area contributed by atoms with Crippen LogP contribution in [-0.2, 0) is 0 Å². The number of nitrogens with zero attached hydrogens (tertiary/aromatic N) is 2. The number of benzene rings is 9. The van der Waals surface area contributed by atoms with E-state index in [0.717, 1.165) is 71.9 Å². The van der Waals surface area contributed by atoms with Crippen molar-refractivity contribution in [2.45, 2.75) is 0 Å². The molecule has 0 amide bonds. The molecule has 0 aliphatic carbocycles. The van der Waals surface area contributed by atoms with E-state index < -0.39 is 0 Å². The van der Waals surface area contributed by atoms with Crippen LogP contribution in [0.4, 0.5) is 0 Å². The second-order valence-electron chi connectivity index (χ2n) is 14.5. The molecule has 0 aliphatic rings. The zero-order chi connectivity index (χ0) is 36.7. The number of rotatable bonds is 4. The first-order chi connectivity index (χ1) is 27.7. The normalized spacial score (nSPS) is 11.9. The minimum Gasteiger partial charge on any atom is -0.456 e. The molecule has 12 aromatic rings. The molecule has 56 heavy (non-hydrogen) atoms. The summed E-state index contributed by atoms with van der Waals surface area (Å²) in [6.45, 7) is 0. The van der Waals surface area contributed by atoms with Gasteiger partial charge in [-0.25, -0.2) is 9.97 Å². The van der Waals surface area contributed by atoms with Gasteiger partial charge in [-0.15, -0.1) is 0 Å². The highest BCUT2D eigenvalue weighted by atomic mass is 16.3. The fourth-order valence-corrected chi connectivity index (χ4v) is 8.55. The molecule has 4 nitrogen and oxygen atoms in total. The first kappa shape index (κ1) is 30.9. The first-order valence-corrected chi connectivity index (χ1v) is 18.9. The predicted octanol–water partition coefficient (Wildman–Crippen LogP) is 14.4. The van der Waals surface area contributed by atoms with Gasteiger partial charge in [0.15, 0.2) is 11.4 Å². The Morgan fingerprint density at radius 2 is 0.750 bits per heavy atom. The Bertz CT molecular complexity index is 3490. The molecule has 0 bridgehead atoms. The van der Waals surface area contributed by atoms with Crippen molar-refractivity contribution in [3.8, 4) is 44.9 Å². The van der Waals surface area contributed by atoms with Gasteiger partial charge in [-0.2, -0.15) is 0 Å². The van der Waals surface area contributed by atoms with E-state index in [2.05, 4.69) is 133 Å². The van der Waals surface area contributed by atoms with E-state index in [-0.39, 0.29) is 0 Å². The molecule has 0 saturated carbocycles. The number of fused-ring (bicyclic) bond motifs is 12. The maximum atomic E-state index is 6.64. The summed E-state index contributed by atoms with van der Waals surface area (Å²) in [6, 6.07) is 64.0. The zero-order valence-electron chi connectivity index (χ0n) is 30.0. The van der Waals surface area contributed by atoms with Crippen molar-refractivity contribution in [3.63, 3.8) is 0 Å². The van der Waals surface area contributed by atoms with E-state index in [1.807, 2.05) is 48.5 Å². The lowest BCUT2D eigenvalue weighted by molar-refractivity contribution is 0.667. The predicted molar refractivity (Wildman–Crippen MR) is 231 cm³/mol. The summed E-state index contributed by atoms with van der Waals surface area (Å²) in [5, 5.41) is 10.7. The van der Waals surface area contributed by atoms with E-state index in [1.54, 1.807) is 0 Å². The third-order valence-electron chi connectivity index (χ3n) is 11.3. The SMILES string of the molecule is c1ccc(-c2nc(-c3ccccc3)c3oc4cc(-c5ccc6oc7ccc(-c8ccc9c%10ccccc%10c%10ccccc%10c9c8)cc7c6c5)ccc4c3n2)cc1. The molecule has 3 heterocycles. The van der Waals surface area contributed by atoms with Crippen LogP contribution in [0.3, 0.4) is 0 Å². The highest BCUT2D eigenvalue weighted by molar-refractivity contribution is 6.26. The van der Waals surface area contributed by atoms with Gasteiger partial charge in [-0.1, -0.05) is 140 Å². The summed E-state index contributed by atoms with van der Waals surface area (Å²) in [5.74, 6) is 0.672. The van der Waals surface area contributed by atoms with Gasteiger partial charge in [0.05, 0.1) is 0 Å². The summed E-state index contributed by atoms with van der Waals surface area (Å²) in [7, 11) is 0. The van der Waals surface area contributed by atoms with Crippen molar-refractivity contribution in [1.29, 1.82) is 0 Å². The van der Waals surface area contributed by atoms with Crippen LogP contribution in [0.15, 0.2) is 191 Å². The van der Waals surface area contributed by atoms with Crippen LogP contribution >= 0.6 is 0 Å². The van der Waals surface area contributed by atoms with Gasteiger partial charge in [-0.05, 0) is 97.0 Å². The lowest BCUT2D eigenvalue weighted by atomic mass is 9.92. The van der Waals surface area contributed by atoms with E-state index in [9.17, 15) is 0 Å². The molecule has 0 atom stereocenters. The molecule has 9 aromatic carbocycles. The van der Waals surface area contributed by atoms with Crippen molar-refractivity contribution in [2.75, 3.05) is 0 Å². The third kappa shape index (κ3) is 4.73. The van der Waals surface area contributed by atoms with Crippen LogP contribution < -0.4 is 0 Å². The molecule has 0 saturated heterocycles. The second-order valence-corrected chi connectivity index (χ2v) is 14.5. The fraction of sp³-hybridized carbons (Fsp3) is 0. The van der Waals surface area contributed by atoms with Gasteiger partial charge in [0.1, 0.15) is 28.0 Å². The molecule has 3 aromatic heterocycles. The van der Waals surface area contributed by atoms with Crippen LogP contribution in [0.5, 0.6) is 0 Å². The minimum absolute atomic E-state index is 0.672.